The maximum absolute atomic E-state index is 7.61. The highest BCUT2D eigenvalue weighted by molar-refractivity contribution is 6.54. The third-order valence-corrected chi connectivity index (χ3v) is 15.2. The molecule has 0 aliphatic carbocycles. The molecule has 0 saturated carbocycles. The van der Waals surface area contributed by atoms with Crippen molar-refractivity contribution in [3.05, 3.63) is 172 Å². The summed E-state index contributed by atoms with van der Waals surface area (Å²) in [7, 11) is 0. The molecule has 1 aromatic heterocycles. The van der Waals surface area contributed by atoms with Gasteiger partial charge in [0.05, 0.1) is 165 Å². The molecule has 96 heavy (non-hydrogen) atoms. The van der Waals surface area contributed by atoms with Crippen LogP contribution in [0.15, 0.2) is 156 Å². The molecule has 1 aliphatic rings. The molecule has 518 valence electrons. The second-order valence-electron chi connectivity index (χ2n) is 21.2. The monoisotopic (exact) mass is 1360 g/mol. The molecule has 20 nitrogen and oxygen atoms in total. The van der Waals surface area contributed by atoms with E-state index in [-0.39, 0.29) is 26.4 Å². The van der Waals surface area contributed by atoms with E-state index in [4.69, 9.17) is 114 Å². The van der Waals surface area contributed by atoms with Gasteiger partial charge in [-0.25, -0.2) is 15.0 Å². The zero-order valence-corrected chi connectivity index (χ0v) is 57.2. The standard InChI is InChI=1S/C74H92Cl2N4O16/c1-5-81-29-33-85-37-41-89-45-49-93-61-21-13-17-57(53-61)69-70(58-18-14-22-62(54-58)94-50-46-90-42-38-86-34-30-82-6-2)79-74(78-69,66-26-10-12-28-68(66)76)80-72(60-20-16-24-64(56-60)96-52-48-92-44-40-88-36-32-84-8-4)71(77-73(80)65-25-9-11-27-67(65)75)59-19-15-23-63(55-59)95-51-47-91-43-39-87-35-31-83-7-3/h9-28,53-56H,5-8,29-52H2,1-4H3. The first-order valence-electron chi connectivity index (χ1n) is 33.1. The highest BCUT2D eigenvalue weighted by Gasteiger charge is 2.46. The minimum absolute atomic E-state index is 0.259. The van der Waals surface area contributed by atoms with Gasteiger partial charge in [0.1, 0.15) is 55.2 Å². The molecule has 0 spiro atoms. The SMILES string of the molecule is CCOCCOCCOCCOc1cccc(C2=NC(c3ccccc3Cl)(n3c(-c4ccccc4Cl)nc(-c4cccc(OCCOCCOCCOCC)c4)c3-c3cccc(OCCOCCOCCOCC)c3)N=C2c2cccc(OCCOCCOCCOCC)c2)c1. The first-order chi connectivity index (χ1) is 47.4. The summed E-state index contributed by atoms with van der Waals surface area (Å²) in [6.07, 6.45) is 0. The molecule has 7 aromatic rings. The molecule has 0 amide bonds. The average Bonchev–Trinajstić information content (AvgIpc) is 1.54. The lowest BCUT2D eigenvalue weighted by Gasteiger charge is -2.30. The summed E-state index contributed by atoms with van der Waals surface area (Å²) in [4.78, 5) is 17.6. The summed E-state index contributed by atoms with van der Waals surface area (Å²) in [5.74, 6) is 0.991. The number of imidazole rings is 1. The number of aliphatic imine (C=N–C) groups is 2. The van der Waals surface area contributed by atoms with Crippen LogP contribution in [0.1, 0.15) is 44.4 Å². The second-order valence-corrected chi connectivity index (χ2v) is 22.0. The molecule has 0 saturated heterocycles. The van der Waals surface area contributed by atoms with Gasteiger partial charge in [-0.2, -0.15) is 0 Å². The molecule has 0 atom stereocenters. The molecule has 0 bridgehead atoms. The normalized spacial score (nSPS) is 12.7. The number of ether oxygens (including phenoxy) is 16. The van der Waals surface area contributed by atoms with Gasteiger partial charge in [-0.05, 0) is 94.4 Å². The van der Waals surface area contributed by atoms with Crippen molar-refractivity contribution in [3.63, 3.8) is 0 Å². The predicted octanol–water partition coefficient (Wildman–Crippen LogP) is 12.6. The van der Waals surface area contributed by atoms with Gasteiger partial charge < -0.3 is 75.8 Å². The first-order valence-corrected chi connectivity index (χ1v) is 33.8. The van der Waals surface area contributed by atoms with Crippen LogP contribution in [0.5, 0.6) is 23.0 Å². The Hall–Kier alpha value is -6.83. The van der Waals surface area contributed by atoms with Gasteiger partial charge in [0, 0.05) is 59.8 Å². The smallest absolute Gasteiger partial charge is 0.263 e. The van der Waals surface area contributed by atoms with Crippen molar-refractivity contribution in [2.75, 3.05) is 185 Å². The Labute approximate surface area is 574 Å². The molecular formula is C74H92Cl2N4O16. The molecule has 8 rings (SSSR count). The fraction of sp³-hybridized carbons (Fsp3) is 0.446. The lowest BCUT2D eigenvalue weighted by atomic mass is 10.00. The van der Waals surface area contributed by atoms with E-state index >= 15 is 0 Å². The van der Waals surface area contributed by atoms with Gasteiger partial charge in [-0.1, -0.05) is 102 Å². The Kier molecular flexibility index (Phi) is 33.9. The van der Waals surface area contributed by atoms with E-state index in [0.29, 0.717) is 254 Å². The fourth-order valence-electron chi connectivity index (χ4n) is 10.1. The van der Waals surface area contributed by atoms with Crippen LogP contribution in [-0.2, 0) is 62.6 Å². The molecule has 0 fully saturated rings. The summed E-state index contributed by atoms with van der Waals surface area (Å²) >= 11 is 15.0. The van der Waals surface area contributed by atoms with Crippen molar-refractivity contribution < 1.29 is 75.8 Å². The summed E-state index contributed by atoms with van der Waals surface area (Å²) < 4.78 is 95.6. The predicted molar refractivity (Wildman–Crippen MR) is 373 cm³/mol. The first kappa shape index (κ1) is 75.0. The van der Waals surface area contributed by atoms with Gasteiger partial charge in [-0.15, -0.1) is 0 Å². The van der Waals surface area contributed by atoms with Crippen LogP contribution in [0, 0.1) is 0 Å². The highest BCUT2D eigenvalue weighted by atomic mass is 35.5. The number of nitrogens with zero attached hydrogens (tertiary/aromatic N) is 4. The molecule has 0 radical (unpaired) electrons. The van der Waals surface area contributed by atoms with E-state index < -0.39 is 5.79 Å². The van der Waals surface area contributed by atoms with Crippen LogP contribution in [-0.4, -0.2) is 206 Å². The molecule has 22 heteroatoms. The van der Waals surface area contributed by atoms with Crippen molar-refractivity contribution in [2.45, 2.75) is 33.5 Å². The molecule has 1 aliphatic heterocycles. The Bertz CT molecular complexity index is 3340. The van der Waals surface area contributed by atoms with Crippen molar-refractivity contribution >= 4 is 34.6 Å². The Balaban J connectivity index is 1.24. The Morgan fingerprint density at radius 1 is 0.323 bits per heavy atom. The van der Waals surface area contributed by atoms with E-state index in [1.54, 1.807) is 0 Å². The van der Waals surface area contributed by atoms with E-state index in [1.165, 1.54) is 0 Å². The Morgan fingerprint density at radius 2 is 0.635 bits per heavy atom. The molecule has 0 N–H and O–H groups in total. The number of benzene rings is 6. The molecule has 2 heterocycles. The number of hydrogen-bond donors (Lipinski definition) is 0. The summed E-state index contributed by atoms with van der Waals surface area (Å²) in [6, 6.07) is 46.4. The lowest BCUT2D eigenvalue weighted by molar-refractivity contribution is 0.0114. The quantitative estimate of drug-likeness (QED) is 0.0327. The van der Waals surface area contributed by atoms with Crippen molar-refractivity contribution in [2.24, 2.45) is 9.98 Å². The summed E-state index contributed by atoms with van der Waals surface area (Å²) in [6.45, 7) is 20.3. The van der Waals surface area contributed by atoms with Gasteiger partial charge >= 0.3 is 0 Å². The minimum Gasteiger partial charge on any atom is -0.491 e. The zero-order chi connectivity index (χ0) is 67.1. The van der Waals surface area contributed by atoms with Gasteiger partial charge in [-0.3, -0.25) is 4.57 Å². The van der Waals surface area contributed by atoms with Crippen LogP contribution in [0.25, 0.3) is 33.9 Å². The van der Waals surface area contributed by atoms with Crippen molar-refractivity contribution in [1.29, 1.82) is 0 Å². The average molecular weight is 1360 g/mol. The largest absolute Gasteiger partial charge is 0.491 e. The third-order valence-electron chi connectivity index (χ3n) is 14.5. The second kappa shape index (κ2) is 43.5. The van der Waals surface area contributed by atoms with Gasteiger partial charge in [0.25, 0.3) is 5.79 Å². The highest BCUT2D eigenvalue weighted by Crippen LogP contribution is 2.49. The van der Waals surface area contributed by atoms with E-state index in [9.17, 15) is 0 Å². The maximum atomic E-state index is 7.61. The Morgan fingerprint density at radius 3 is 1.01 bits per heavy atom. The van der Waals surface area contributed by atoms with E-state index in [1.807, 2.05) is 178 Å². The number of halogens is 2. The van der Waals surface area contributed by atoms with Gasteiger partial charge in [0.2, 0.25) is 0 Å². The lowest BCUT2D eigenvalue weighted by Crippen LogP contribution is -2.31. The van der Waals surface area contributed by atoms with Crippen LogP contribution in [0.3, 0.4) is 0 Å². The molecule has 0 unspecified atom stereocenters. The zero-order valence-electron chi connectivity index (χ0n) is 55.7. The molecule has 6 aromatic carbocycles. The van der Waals surface area contributed by atoms with E-state index in [2.05, 4.69) is 0 Å². The maximum Gasteiger partial charge on any atom is 0.263 e. The minimum atomic E-state index is -1.78. The van der Waals surface area contributed by atoms with Crippen LogP contribution in [0.4, 0.5) is 0 Å². The van der Waals surface area contributed by atoms with Crippen LogP contribution >= 0.6 is 23.2 Å². The third kappa shape index (κ3) is 23.7. The van der Waals surface area contributed by atoms with Gasteiger partial charge in [0.15, 0.2) is 0 Å². The fourth-order valence-corrected chi connectivity index (χ4v) is 10.6. The number of rotatable bonds is 51. The molecular weight excluding hydrogens is 1270 g/mol. The van der Waals surface area contributed by atoms with E-state index in [0.717, 1.165) is 0 Å². The number of aromatic nitrogens is 2. The van der Waals surface area contributed by atoms with Crippen LogP contribution < -0.4 is 18.9 Å². The summed E-state index contributed by atoms with van der Waals surface area (Å²) in [5.41, 5.74) is 6.14. The van der Waals surface area contributed by atoms with Crippen molar-refractivity contribution in [3.8, 4) is 56.9 Å². The topological polar surface area (TPSA) is 190 Å². The summed E-state index contributed by atoms with van der Waals surface area (Å²) in [5, 5.41) is 0.818. The van der Waals surface area contributed by atoms with Crippen molar-refractivity contribution in [1.82, 2.24) is 9.55 Å². The number of hydrogen-bond acceptors (Lipinski definition) is 19. The van der Waals surface area contributed by atoms with Crippen LogP contribution in [0.2, 0.25) is 10.0 Å².